The molecular weight excluding hydrogens is 274 g/mol. The normalized spacial score (nSPS) is 16.1. The van der Waals surface area contributed by atoms with Crippen molar-refractivity contribution in [2.75, 3.05) is 0 Å². The van der Waals surface area contributed by atoms with Crippen molar-refractivity contribution in [1.29, 1.82) is 0 Å². The highest BCUT2D eigenvalue weighted by molar-refractivity contribution is 5.72. The third-order valence-corrected chi connectivity index (χ3v) is 2.13. The van der Waals surface area contributed by atoms with Crippen LogP contribution in [0.4, 0.5) is 26.3 Å². The van der Waals surface area contributed by atoms with E-state index in [9.17, 15) is 35.9 Å². The number of carbonyl (C=O) groups is 2. The number of hydrogen-bond donors (Lipinski definition) is 2. The van der Waals surface area contributed by atoms with E-state index in [-0.39, 0.29) is 0 Å². The van der Waals surface area contributed by atoms with Gasteiger partial charge in [0.05, 0.1) is 0 Å². The second-order valence-corrected chi connectivity index (χ2v) is 3.44. The van der Waals surface area contributed by atoms with Gasteiger partial charge >= 0.3 is 24.3 Å². The standard InChI is InChI=1S/C8H8F6O4/c9-7(10,11)3(5(15)16)1-2-4(6(17)18)8(12,13)14/h3-4H,1-2H2,(H,15,16)(H,17,18). The summed E-state index contributed by atoms with van der Waals surface area (Å²) in [6.07, 6.45) is -13.3. The number of aliphatic carboxylic acids is 2. The van der Waals surface area contributed by atoms with Crippen LogP contribution < -0.4 is 0 Å². The zero-order valence-electron chi connectivity index (χ0n) is 8.55. The zero-order valence-corrected chi connectivity index (χ0v) is 8.55. The van der Waals surface area contributed by atoms with Crippen molar-refractivity contribution in [1.82, 2.24) is 0 Å². The minimum absolute atomic E-state index is 1.45. The number of carboxylic acids is 2. The Morgan fingerprint density at radius 2 is 1.00 bits per heavy atom. The van der Waals surface area contributed by atoms with Gasteiger partial charge in [-0.25, -0.2) is 0 Å². The Morgan fingerprint density at radius 3 is 1.11 bits per heavy atom. The molecule has 0 aliphatic heterocycles. The fraction of sp³-hybridized carbons (Fsp3) is 0.750. The van der Waals surface area contributed by atoms with Gasteiger partial charge in [-0.05, 0) is 12.8 Å². The van der Waals surface area contributed by atoms with E-state index < -0.39 is 49.0 Å². The maximum Gasteiger partial charge on any atom is 0.402 e. The molecule has 0 saturated heterocycles. The quantitative estimate of drug-likeness (QED) is 0.759. The van der Waals surface area contributed by atoms with Crippen LogP contribution in [0.1, 0.15) is 12.8 Å². The van der Waals surface area contributed by atoms with Crippen LogP contribution in [0.25, 0.3) is 0 Å². The lowest BCUT2D eigenvalue weighted by atomic mass is 9.95. The van der Waals surface area contributed by atoms with E-state index in [0.717, 1.165) is 0 Å². The van der Waals surface area contributed by atoms with E-state index in [1.54, 1.807) is 0 Å². The Hall–Kier alpha value is -1.48. The molecule has 0 radical (unpaired) electrons. The van der Waals surface area contributed by atoms with Gasteiger partial charge in [0.2, 0.25) is 0 Å². The lowest BCUT2D eigenvalue weighted by Crippen LogP contribution is -2.35. The van der Waals surface area contributed by atoms with Crippen LogP contribution in [-0.4, -0.2) is 34.5 Å². The van der Waals surface area contributed by atoms with Crippen LogP contribution in [-0.2, 0) is 9.59 Å². The maximum atomic E-state index is 12.1. The fourth-order valence-electron chi connectivity index (χ4n) is 1.19. The molecule has 0 aliphatic rings. The Bertz CT molecular complexity index is 289. The minimum atomic E-state index is -5.22. The second kappa shape index (κ2) is 5.44. The molecule has 0 heterocycles. The van der Waals surface area contributed by atoms with Crippen molar-refractivity contribution in [3.8, 4) is 0 Å². The minimum Gasteiger partial charge on any atom is -0.481 e. The summed E-state index contributed by atoms with van der Waals surface area (Å²) >= 11 is 0. The fourth-order valence-corrected chi connectivity index (χ4v) is 1.19. The molecule has 0 saturated carbocycles. The Morgan fingerprint density at radius 1 is 0.778 bits per heavy atom. The summed E-state index contributed by atoms with van der Waals surface area (Å²) in [5, 5.41) is 16.4. The van der Waals surface area contributed by atoms with Gasteiger partial charge in [0.15, 0.2) is 11.8 Å². The molecule has 0 aromatic rings. The Balaban J connectivity index is 4.80. The number of halogens is 6. The predicted octanol–water partition coefficient (Wildman–Crippen LogP) is 2.29. The summed E-state index contributed by atoms with van der Waals surface area (Å²) in [6.45, 7) is 0. The van der Waals surface area contributed by atoms with Crippen LogP contribution >= 0.6 is 0 Å². The van der Waals surface area contributed by atoms with Gasteiger partial charge in [-0.15, -0.1) is 0 Å². The summed E-state index contributed by atoms with van der Waals surface area (Å²) in [5.41, 5.74) is 0. The van der Waals surface area contributed by atoms with Gasteiger partial charge in [-0.3, -0.25) is 9.59 Å². The van der Waals surface area contributed by atoms with Gasteiger partial charge in [0.25, 0.3) is 0 Å². The largest absolute Gasteiger partial charge is 0.481 e. The lowest BCUT2D eigenvalue weighted by molar-refractivity contribution is -0.208. The van der Waals surface area contributed by atoms with Crippen LogP contribution in [0, 0.1) is 11.8 Å². The maximum absolute atomic E-state index is 12.1. The molecule has 18 heavy (non-hydrogen) atoms. The van der Waals surface area contributed by atoms with Crippen LogP contribution in [0.5, 0.6) is 0 Å². The first kappa shape index (κ1) is 16.5. The summed E-state index contributed by atoms with van der Waals surface area (Å²) in [5.74, 6) is -10.7. The van der Waals surface area contributed by atoms with Crippen molar-refractivity contribution in [3.63, 3.8) is 0 Å². The highest BCUT2D eigenvalue weighted by Crippen LogP contribution is 2.35. The molecule has 0 amide bonds. The first-order valence-electron chi connectivity index (χ1n) is 4.46. The molecule has 0 aromatic carbocycles. The van der Waals surface area contributed by atoms with Crippen molar-refractivity contribution in [3.05, 3.63) is 0 Å². The summed E-state index contributed by atoms with van der Waals surface area (Å²) in [6, 6.07) is 0. The second-order valence-electron chi connectivity index (χ2n) is 3.44. The Labute approximate surface area is 96.2 Å². The number of rotatable bonds is 5. The van der Waals surface area contributed by atoms with Crippen molar-refractivity contribution in [2.24, 2.45) is 11.8 Å². The molecular formula is C8H8F6O4. The lowest BCUT2D eigenvalue weighted by Gasteiger charge is -2.20. The topological polar surface area (TPSA) is 74.6 Å². The van der Waals surface area contributed by atoms with Crippen molar-refractivity contribution in [2.45, 2.75) is 25.2 Å². The zero-order chi connectivity index (χ0) is 14.7. The van der Waals surface area contributed by atoms with Gasteiger partial charge in [0.1, 0.15) is 0 Å². The van der Waals surface area contributed by atoms with Crippen LogP contribution in [0.3, 0.4) is 0 Å². The smallest absolute Gasteiger partial charge is 0.402 e. The van der Waals surface area contributed by atoms with E-state index in [0.29, 0.717) is 0 Å². The van der Waals surface area contributed by atoms with Gasteiger partial charge < -0.3 is 10.2 Å². The average molecular weight is 282 g/mol. The molecule has 10 heteroatoms. The van der Waals surface area contributed by atoms with E-state index >= 15 is 0 Å². The molecule has 4 nitrogen and oxygen atoms in total. The first-order chi connectivity index (χ1) is 7.87. The third-order valence-electron chi connectivity index (χ3n) is 2.13. The van der Waals surface area contributed by atoms with Gasteiger partial charge in [-0.2, -0.15) is 26.3 Å². The molecule has 0 aliphatic carbocycles. The molecule has 0 spiro atoms. The molecule has 106 valence electrons. The third kappa shape index (κ3) is 4.80. The molecule has 2 N–H and O–H groups in total. The van der Waals surface area contributed by atoms with E-state index in [1.165, 1.54) is 0 Å². The van der Waals surface area contributed by atoms with E-state index in [4.69, 9.17) is 10.2 Å². The van der Waals surface area contributed by atoms with Gasteiger partial charge in [0, 0.05) is 0 Å². The van der Waals surface area contributed by atoms with Crippen LogP contribution in [0.15, 0.2) is 0 Å². The SMILES string of the molecule is O=C(O)C(CCC(C(=O)O)C(F)(F)F)C(F)(F)F. The Kier molecular flexibility index (Phi) is 4.99. The van der Waals surface area contributed by atoms with Crippen LogP contribution in [0.2, 0.25) is 0 Å². The van der Waals surface area contributed by atoms with E-state index in [1.807, 2.05) is 0 Å². The van der Waals surface area contributed by atoms with E-state index in [2.05, 4.69) is 0 Å². The summed E-state index contributed by atoms with van der Waals surface area (Å²) < 4.78 is 72.7. The molecule has 0 rings (SSSR count). The number of alkyl halides is 6. The summed E-state index contributed by atoms with van der Waals surface area (Å²) in [4.78, 5) is 20.5. The van der Waals surface area contributed by atoms with Crippen molar-refractivity contribution < 1.29 is 46.1 Å². The molecule has 0 bridgehead atoms. The highest BCUT2D eigenvalue weighted by atomic mass is 19.4. The number of carboxylic acid groups (broad SMARTS) is 2. The summed E-state index contributed by atoms with van der Waals surface area (Å²) in [7, 11) is 0. The molecule has 2 atom stereocenters. The van der Waals surface area contributed by atoms with Gasteiger partial charge in [-0.1, -0.05) is 0 Å². The molecule has 2 unspecified atom stereocenters. The highest BCUT2D eigenvalue weighted by Gasteiger charge is 2.49. The molecule has 0 aromatic heterocycles. The monoisotopic (exact) mass is 282 g/mol. The predicted molar refractivity (Wildman–Crippen MR) is 43.6 cm³/mol. The van der Waals surface area contributed by atoms with Crippen molar-refractivity contribution >= 4 is 11.9 Å². The first-order valence-corrected chi connectivity index (χ1v) is 4.46. The molecule has 0 fully saturated rings. The average Bonchev–Trinajstić information content (AvgIpc) is 2.05. The number of hydrogen-bond acceptors (Lipinski definition) is 2.